The third-order valence-corrected chi connectivity index (χ3v) is 4.08. The maximum Gasteiger partial charge on any atom is 0.303 e. The Hall–Kier alpha value is -3.00. The molecule has 0 aliphatic rings. The summed E-state index contributed by atoms with van der Waals surface area (Å²) in [6.45, 7) is 0. The van der Waals surface area contributed by atoms with E-state index < -0.39 is 11.9 Å². The Morgan fingerprint density at radius 3 is 2.54 bits per heavy atom. The zero-order valence-corrected chi connectivity index (χ0v) is 15.2. The van der Waals surface area contributed by atoms with Crippen molar-refractivity contribution >= 4 is 44.7 Å². The van der Waals surface area contributed by atoms with E-state index in [-0.39, 0.29) is 18.8 Å². The lowest BCUT2D eigenvalue weighted by Crippen LogP contribution is -2.30. The molecular weight excluding hydrogens is 400 g/mol. The van der Waals surface area contributed by atoms with Crippen LogP contribution in [-0.4, -0.2) is 27.0 Å². The molecule has 8 heteroatoms. The topological polar surface area (TPSA) is 104 Å². The number of carboxylic acid groups (broad SMARTS) is 1. The van der Waals surface area contributed by atoms with Crippen LogP contribution < -0.4 is 10.9 Å². The van der Waals surface area contributed by atoms with E-state index in [2.05, 4.69) is 36.7 Å². The van der Waals surface area contributed by atoms with Crippen molar-refractivity contribution in [2.45, 2.75) is 12.8 Å². The van der Waals surface area contributed by atoms with Gasteiger partial charge in [0.2, 0.25) is 11.9 Å². The molecule has 0 fully saturated rings. The number of carbonyl (C=O) groups is 2. The van der Waals surface area contributed by atoms with E-state index in [1.807, 2.05) is 48.5 Å². The third-order valence-electron chi connectivity index (χ3n) is 3.58. The molecule has 0 spiro atoms. The monoisotopic (exact) mass is 414 g/mol. The maximum absolute atomic E-state index is 11.7. The van der Waals surface area contributed by atoms with Gasteiger partial charge in [0.25, 0.3) is 0 Å². The number of hydrogen-bond donors (Lipinski definition) is 3. The number of hydrazine groups is 1. The second kappa shape index (κ2) is 7.92. The molecule has 3 rings (SSSR count). The molecular formula is C18H15BrN4O3. The van der Waals surface area contributed by atoms with Crippen molar-refractivity contribution in [1.29, 1.82) is 0 Å². The highest BCUT2D eigenvalue weighted by Crippen LogP contribution is 2.29. The predicted molar refractivity (Wildman–Crippen MR) is 101 cm³/mol. The number of benzene rings is 2. The van der Waals surface area contributed by atoms with E-state index in [4.69, 9.17) is 5.11 Å². The summed E-state index contributed by atoms with van der Waals surface area (Å²) in [5.41, 5.74) is 7.43. The van der Waals surface area contributed by atoms with E-state index in [0.717, 1.165) is 21.1 Å². The number of carboxylic acids is 1. The molecule has 0 bridgehead atoms. The summed E-state index contributed by atoms with van der Waals surface area (Å²) in [5.74, 6) is -1.26. The summed E-state index contributed by atoms with van der Waals surface area (Å²) in [6, 6.07) is 15.3. The number of nitrogens with zero attached hydrogens (tertiary/aromatic N) is 2. The van der Waals surface area contributed by atoms with Gasteiger partial charge in [0.15, 0.2) is 0 Å². The predicted octanol–water partition coefficient (Wildman–Crippen LogP) is 3.37. The molecule has 1 amide bonds. The lowest BCUT2D eigenvalue weighted by atomic mass is 10.1. The van der Waals surface area contributed by atoms with Crippen LogP contribution in [0.15, 0.2) is 53.0 Å². The van der Waals surface area contributed by atoms with Crippen LogP contribution >= 0.6 is 15.9 Å². The van der Waals surface area contributed by atoms with E-state index in [0.29, 0.717) is 5.52 Å². The van der Waals surface area contributed by atoms with Crippen LogP contribution in [0.5, 0.6) is 0 Å². The molecule has 0 aliphatic heterocycles. The molecule has 0 saturated heterocycles. The molecule has 0 unspecified atom stereocenters. The summed E-state index contributed by atoms with van der Waals surface area (Å²) in [6.07, 6.45) is -0.371. The van der Waals surface area contributed by atoms with Gasteiger partial charge in [0.05, 0.1) is 17.6 Å². The first-order valence-electron chi connectivity index (χ1n) is 7.82. The van der Waals surface area contributed by atoms with Crippen molar-refractivity contribution in [3.05, 3.63) is 53.0 Å². The van der Waals surface area contributed by atoms with Gasteiger partial charge in [-0.15, -0.1) is 0 Å². The van der Waals surface area contributed by atoms with Crippen LogP contribution in [0, 0.1) is 0 Å². The van der Waals surface area contributed by atoms with Crippen LogP contribution in [0.4, 0.5) is 5.95 Å². The fourth-order valence-corrected chi connectivity index (χ4v) is 2.74. The molecule has 0 atom stereocenters. The Bertz CT molecular complexity index is 963. The summed E-state index contributed by atoms with van der Waals surface area (Å²) in [5, 5.41) is 9.49. The molecule has 1 heterocycles. The molecule has 0 saturated carbocycles. The first kappa shape index (κ1) is 17.8. The number of rotatable bonds is 6. The number of aliphatic carboxylic acids is 1. The van der Waals surface area contributed by atoms with Gasteiger partial charge < -0.3 is 5.11 Å². The molecule has 132 valence electrons. The lowest BCUT2D eigenvalue weighted by molar-refractivity contribution is -0.138. The molecule has 0 radical (unpaired) electrons. The number of anilines is 1. The number of halogens is 1. The number of carbonyl (C=O) groups excluding carboxylic acids is 1. The highest BCUT2D eigenvalue weighted by molar-refractivity contribution is 9.10. The molecule has 3 N–H and O–H groups in total. The van der Waals surface area contributed by atoms with Crippen molar-refractivity contribution in [1.82, 2.24) is 15.4 Å². The number of fused-ring (bicyclic) bond motifs is 1. The second-order valence-corrected chi connectivity index (χ2v) is 6.41. The second-order valence-electron chi connectivity index (χ2n) is 5.49. The highest BCUT2D eigenvalue weighted by atomic mass is 79.9. The fourth-order valence-electron chi connectivity index (χ4n) is 2.38. The quantitative estimate of drug-likeness (QED) is 0.534. The first-order chi connectivity index (χ1) is 12.5. The normalized spacial score (nSPS) is 10.5. The van der Waals surface area contributed by atoms with Crippen molar-refractivity contribution < 1.29 is 14.7 Å². The molecule has 7 nitrogen and oxygen atoms in total. The number of nitrogens with one attached hydrogen (secondary N) is 2. The van der Waals surface area contributed by atoms with Crippen molar-refractivity contribution in [2.24, 2.45) is 0 Å². The fraction of sp³-hybridized carbons (Fsp3) is 0.111. The Balaban J connectivity index is 1.91. The average Bonchev–Trinajstić information content (AvgIpc) is 2.65. The summed E-state index contributed by atoms with van der Waals surface area (Å²) >= 11 is 3.46. The molecule has 26 heavy (non-hydrogen) atoms. The molecule has 0 aliphatic carbocycles. The highest BCUT2D eigenvalue weighted by Gasteiger charge is 2.11. The zero-order chi connectivity index (χ0) is 18.5. The van der Waals surface area contributed by atoms with Crippen LogP contribution in [-0.2, 0) is 9.59 Å². The van der Waals surface area contributed by atoms with E-state index in [1.54, 1.807) is 0 Å². The third kappa shape index (κ3) is 4.34. The van der Waals surface area contributed by atoms with Gasteiger partial charge in [0, 0.05) is 21.8 Å². The average molecular weight is 415 g/mol. The largest absolute Gasteiger partial charge is 0.481 e. The smallest absolute Gasteiger partial charge is 0.303 e. The van der Waals surface area contributed by atoms with Gasteiger partial charge >= 0.3 is 5.97 Å². The lowest BCUT2D eigenvalue weighted by Gasteiger charge is -2.11. The summed E-state index contributed by atoms with van der Waals surface area (Å²) in [4.78, 5) is 31.1. The van der Waals surface area contributed by atoms with Gasteiger partial charge in [-0.25, -0.2) is 9.97 Å². The van der Waals surface area contributed by atoms with Gasteiger partial charge in [-0.05, 0) is 18.2 Å². The number of aromatic nitrogens is 2. The molecule has 1 aromatic heterocycles. The van der Waals surface area contributed by atoms with Crippen molar-refractivity contribution in [2.75, 3.05) is 5.43 Å². The Morgan fingerprint density at radius 2 is 1.81 bits per heavy atom. The SMILES string of the molecule is O=C(O)CCC(=O)NNc1nc(-c2ccccc2)c2cc(Br)ccc2n1. The van der Waals surface area contributed by atoms with Crippen LogP contribution in [0.25, 0.3) is 22.2 Å². The van der Waals surface area contributed by atoms with E-state index in [1.165, 1.54) is 0 Å². The summed E-state index contributed by atoms with van der Waals surface area (Å²) in [7, 11) is 0. The van der Waals surface area contributed by atoms with Crippen LogP contribution in [0.3, 0.4) is 0 Å². The van der Waals surface area contributed by atoms with Gasteiger partial charge in [-0.1, -0.05) is 46.3 Å². The van der Waals surface area contributed by atoms with Gasteiger partial charge in [-0.2, -0.15) is 0 Å². The van der Waals surface area contributed by atoms with Crippen LogP contribution in [0.2, 0.25) is 0 Å². The minimum atomic E-state index is -1.03. The standard InChI is InChI=1S/C18H15BrN4O3/c19-12-6-7-14-13(10-12)17(11-4-2-1-3-5-11)21-18(20-14)23-22-15(24)8-9-16(25)26/h1-7,10H,8-9H2,(H,22,24)(H,25,26)(H,20,21,23). The van der Waals surface area contributed by atoms with Gasteiger partial charge in [-0.3, -0.25) is 20.4 Å². The summed E-state index contributed by atoms with van der Waals surface area (Å²) < 4.78 is 0.911. The minimum absolute atomic E-state index is 0.131. The Morgan fingerprint density at radius 1 is 1.04 bits per heavy atom. The molecule has 2 aromatic carbocycles. The minimum Gasteiger partial charge on any atom is -0.481 e. The maximum atomic E-state index is 11.7. The number of hydrogen-bond acceptors (Lipinski definition) is 5. The first-order valence-corrected chi connectivity index (χ1v) is 8.61. The Labute approximate surface area is 157 Å². The van der Waals surface area contributed by atoms with Crippen LogP contribution in [0.1, 0.15) is 12.8 Å². The van der Waals surface area contributed by atoms with E-state index >= 15 is 0 Å². The van der Waals surface area contributed by atoms with Crippen molar-refractivity contribution in [3.63, 3.8) is 0 Å². The van der Waals surface area contributed by atoms with Crippen molar-refractivity contribution in [3.8, 4) is 11.3 Å². The van der Waals surface area contributed by atoms with E-state index in [9.17, 15) is 9.59 Å². The zero-order valence-electron chi connectivity index (χ0n) is 13.6. The number of amides is 1. The molecule has 3 aromatic rings. The Kier molecular flexibility index (Phi) is 5.43. The van der Waals surface area contributed by atoms with Gasteiger partial charge in [0.1, 0.15) is 0 Å².